The molecule has 1 fully saturated rings. The summed E-state index contributed by atoms with van der Waals surface area (Å²) >= 11 is 0. The van der Waals surface area contributed by atoms with Crippen LogP contribution in [0.5, 0.6) is 0 Å². The largest absolute Gasteiger partial charge is 0.388 e. The van der Waals surface area contributed by atoms with Crippen LogP contribution in [0.2, 0.25) is 0 Å². The van der Waals surface area contributed by atoms with Crippen LogP contribution in [0.25, 0.3) is 0 Å². The Kier molecular flexibility index (Phi) is 4.06. The van der Waals surface area contributed by atoms with E-state index in [0.29, 0.717) is 0 Å². The molecule has 2 rings (SSSR count). The van der Waals surface area contributed by atoms with Crippen molar-refractivity contribution in [3.63, 3.8) is 0 Å². The minimum absolute atomic E-state index is 0.328. The number of nitrogens with zero attached hydrogens (tertiary/aromatic N) is 1. The highest BCUT2D eigenvalue weighted by Crippen LogP contribution is 2.30. The fourth-order valence-corrected chi connectivity index (χ4v) is 2.53. The zero-order chi connectivity index (χ0) is 12.3. The van der Waals surface area contributed by atoms with E-state index in [1.54, 1.807) is 0 Å². The van der Waals surface area contributed by atoms with Gasteiger partial charge in [0.05, 0.1) is 6.10 Å². The average molecular weight is 233 g/mol. The molecular weight excluding hydrogens is 210 g/mol. The van der Waals surface area contributed by atoms with Crippen LogP contribution in [0.3, 0.4) is 0 Å². The normalized spacial score (nSPS) is 19.4. The average Bonchev–Trinajstić information content (AvgIpc) is 2.39. The van der Waals surface area contributed by atoms with Crippen molar-refractivity contribution >= 4 is 5.69 Å². The molecular formula is C15H23NO. The van der Waals surface area contributed by atoms with Gasteiger partial charge in [0.15, 0.2) is 0 Å². The van der Waals surface area contributed by atoms with Crippen molar-refractivity contribution in [2.45, 2.75) is 39.2 Å². The van der Waals surface area contributed by atoms with Gasteiger partial charge in [0, 0.05) is 24.3 Å². The maximum atomic E-state index is 10.1. The van der Waals surface area contributed by atoms with E-state index in [4.69, 9.17) is 0 Å². The summed E-state index contributed by atoms with van der Waals surface area (Å²) in [6, 6.07) is 8.29. The van der Waals surface area contributed by atoms with Crippen molar-refractivity contribution in [1.29, 1.82) is 0 Å². The van der Waals surface area contributed by atoms with E-state index in [-0.39, 0.29) is 6.10 Å². The summed E-state index contributed by atoms with van der Waals surface area (Å²) in [7, 11) is 0. The first-order chi connectivity index (χ1) is 8.22. The fourth-order valence-electron chi connectivity index (χ4n) is 2.53. The molecule has 0 amide bonds. The predicted molar refractivity (Wildman–Crippen MR) is 72.3 cm³/mol. The van der Waals surface area contributed by atoms with Crippen LogP contribution in [0.15, 0.2) is 24.3 Å². The second kappa shape index (κ2) is 5.54. The van der Waals surface area contributed by atoms with Crippen molar-refractivity contribution in [3.8, 4) is 0 Å². The summed E-state index contributed by atoms with van der Waals surface area (Å²) in [6.45, 7) is 6.59. The molecule has 0 saturated carbocycles. The molecule has 1 saturated heterocycles. The molecule has 1 aromatic rings. The number of hydrogen-bond donors (Lipinski definition) is 1. The SMILES string of the molecule is CCC(O)c1ccccc1N1CCC(C)CC1. The molecule has 1 aliphatic heterocycles. The van der Waals surface area contributed by atoms with E-state index in [1.165, 1.54) is 18.5 Å². The molecule has 17 heavy (non-hydrogen) atoms. The van der Waals surface area contributed by atoms with Gasteiger partial charge in [-0.05, 0) is 31.2 Å². The molecule has 0 aliphatic carbocycles. The lowest BCUT2D eigenvalue weighted by Crippen LogP contribution is -2.33. The number of aliphatic hydroxyl groups excluding tert-OH is 1. The first-order valence-corrected chi connectivity index (χ1v) is 6.74. The molecule has 0 spiro atoms. The van der Waals surface area contributed by atoms with Crippen molar-refractivity contribution < 1.29 is 5.11 Å². The minimum Gasteiger partial charge on any atom is -0.388 e. The van der Waals surface area contributed by atoms with Gasteiger partial charge in [0.25, 0.3) is 0 Å². The lowest BCUT2D eigenvalue weighted by Gasteiger charge is -2.34. The molecule has 94 valence electrons. The lowest BCUT2D eigenvalue weighted by molar-refractivity contribution is 0.174. The number of rotatable bonds is 3. The van der Waals surface area contributed by atoms with Crippen molar-refractivity contribution in [2.24, 2.45) is 5.92 Å². The number of anilines is 1. The summed E-state index contributed by atoms with van der Waals surface area (Å²) in [6.07, 6.45) is 2.97. The summed E-state index contributed by atoms with van der Waals surface area (Å²) in [4.78, 5) is 2.42. The number of hydrogen-bond acceptors (Lipinski definition) is 2. The van der Waals surface area contributed by atoms with Gasteiger partial charge >= 0.3 is 0 Å². The molecule has 0 bridgehead atoms. The van der Waals surface area contributed by atoms with Crippen molar-refractivity contribution in [2.75, 3.05) is 18.0 Å². The third-order valence-electron chi connectivity index (χ3n) is 3.81. The Morgan fingerprint density at radius 3 is 2.59 bits per heavy atom. The highest BCUT2D eigenvalue weighted by molar-refractivity contribution is 5.54. The monoisotopic (exact) mass is 233 g/mol. The summed E-state index contributed by atoms with van der Waals surface area (Å²) in [5, 5.41) is 10.1. The second-order valence-corrected chi connectivity index (χ2v) is 5.15. The van der Waals surface area contributed by atoms with Crippen LogP contribution < -0.4 is 4.90 Å². The Hall–Kier alpha value is -1.02. The minimum atomic E-state index is -0.328. The lowest BCUT2D eigenvalue weighted by atomic mass is 9.97. The summed E-state index contributed by atoms with van der Waals surface area (Å²) < 4.78 is 0. The zero-order valence-corrected chi connectivity index (χ0v) is 10.9. The van der Waals surface area contributed by atoms with Gasteiger partial charge in [0.1, 0.15) is 0 Å². The maximum Gasteiger partial charge on any atom is 0.0807 e. The topological polar surface area (TPSA) is 23.5 Å². The molecule has 0 radical (unpaired) electrons. The molecule has 1 aliphatic rings. The van der Waals surface area contributed by atoms with Crippen LogP contribution in [-0.2, 0) is 0 Å². The van der Waals surface area contributed by atoms with Crippen LogP contribution in [0.4, 0.5) is 5.69 Å². The van der Waals surface area contributed by atoms with Gasteiger partial charge in [-0.1, -0.05) is 32.0 Å². The van der Waals surface area contributed by atoms with Crippen LogP contribution in [0.1, 0.15) is 44.8 Å². The van der Waals surface area contributed by atoms with E-state index in [0.717, 1.165) is 31.0 Å². The van der Waals surface area contributed by atoms with Gasteiger partial charge in [-0.25, -0.2) is 0 Å². The van der Waals surface area contributed by atoms with E-state index in [1.807, 2.05) is 13.0 Å². The molecule has 1 N–H and O–H groups in total. The maximum absolute atomic E-state index is 10.1. The number of piperidine rings is 1. The molecule has 2 heteroatoms. The highest BCUT2D eigenvalue weighted by Gasteiger charge is 2.19. The standard InChI is InChI=1S/C15H23NO/c1-3-15(17)13-6-4-5-7-14(13)16-10-8-12(2)9-11-16/h4-7,12,15,17H,3,8-11H2,1-2H3. The molecule has 0 aromatic heterocycles. The van der Waals surface area contributed by atoms with Gasteiger partial charge in [0.2, 0.25) is 0 Å². The first kappa shape index (κ1) is 12.4. The van der Waals surface area contributed by atoms with Crippen LogP contribution in [0, 0.1) is 5.92 Å². The van der Waals surface area contributed by atoms with Gasteiger partial charge in [-0.15, -0.1) is 0 Å². The molecule has 1 heterocycles. The number of para-hydroxylation sites is 1. The van der Waals surface area contributed by atoms with Gasteiger partial charge in [-0.3, -0.25) is 0 Å². The first-order valence-electron chi connectivity index (χ1n) is 6.74. The third kappa shape index (κ3) is 2.81. The summed E-state index contributed by atoms with van der Waals surface area (Å²) in [5.41, 5.74) is 2.32. The van der Waals surface area contributed by atoms with E-state index >= 15 is 0 Å². The van der Waals surface area contributed by atoms with Crippen molar-refractivity contribution in [3.05, 3.63) is 29.8 Å². The Morgan fingerprint density at radius 2 is 1.94 bits per heavy atom. The molecule has 1 unspecified atom stereocenters. The third-order valence-corrected chi connectivity index (χ3v) is 3.81. The molecule has 1 atom stereocenters. The summed E-state index contributed by atoms with van der Waals surface area (Å²) in [5.74, 6) is 0.842. The molecule has 1 aromatic carbocycles. The molecule has 2 nitrogen and oxygen atoms in total. The Bertz CT molecular complexity index is 356. The van der Waals surface area contributed by atoms with Crippen molar-refractivity contribution in [1.82, 2.24) is 0 Å². The zero-order valence-electron chi connectivity index (χ0n) is 10.9. The predicted octanol–water partition coefficient (Wildman–Crippen LogP) is 3.37. The second-order valence-electron chi connectivity index (χ2n) is 5.15. The quantitative estimate of drug-likeness (QED) is 0.865. The van der Waals surface area contributed by atoms with Gasteiger partial charge < -0.3 is 10.0 Å². The smallest absolute Gasteiger partial charge is 0.0807 e. The Morgan fingerprint density at radius 1 is 1.29 bits per heavy atom. The van der Waals surface area contributed by atoms with E-state index < -0.39 is 0 Å². The van der Waals surface area contributed by atoms with E-state index in [2.05, 4.69) is 30.0 Å². The highest BCUT2D eigenvalue weighted by atomic mass is 16.3. The van der Waals surface area contributed by atoms with Gasteiger partial charge in [-0.2, -0.15) is 0 Å². The Labute approximate surface area is 104 Å². The fraction of sp³-hybridized carbons (Fsp3) is 0.600. The number of aliphatic hydroxyl groups is 1. The van der Waals surface area contributed by atoms with E-state index in [9.17, 15) is 5.11 Å². The number of benzene rings is 1. The van der Waals surface area contributed by atoms with Crippen LogP contribution in [-0.4, -0.2) is 18.2 Å². The Balaban J connectivity index is 2.19. The van der Waals surface area contributed by atoms with Crippen LogP contribution >= 0.6 is 0 Å².